The van der Waals surface area contributed by atoms with E-state index in [4.69, 9.17) is 18.6 Å². The van der Waals surface area contributed by atoms with E-state index < -0.39 is 29.9 Å². The Morgan fingerprint density at radius 3 is 2.47 bits per heavy atom. The third-order valence-corrected chi connectivity index (χ3v) is 11.9. The fraction of sp³-hybridized carbons (Fsp3) is 0.383. The molecule has 0 saturated heterocycles. The number of fused-ring (bicyclic) bond motifs is 2. The van der Waals surface area contributed by atoms with Crippen LogP contribution in [0.1, 0.15) is 93.9 Å². The molecule has 8 rings (SSSR count). The smallest absolute Gasteiger partial charge is 0.326 e. The zero-order valence-electron chi connectivity index (χ0n) is 34.0. The first-order valence-corrected chi connectivity index (χ1v) is 20.5. The SMILES string of the molecule is Cc1nc(C(=O)N2Cc3cc4c(cc3CC2C(=O)NC(Cc2ccc(-c3ccnc(C)c3C)cc2)C(=O)O)OCC(c2cccc(OCC3CCCCC3)c2)O4)c(C)o1. The Bertz CT molecular complexity index is 2370. The van der Waals surface area contributed by atoms with E-state index in [-0.39, 0.29) is 37.8 Å². The van der Waals surface area contributed by atoms with E-state index in [9.17, 15) is 19.5 Å². The molecule has 59 heavy (non-hydrogen) atoms. The van der Waals surface area contributed by atoms with Crippen LogP contribution >= 0.6 is 0 Å². The number of nitrogens with zero attached hydrogens (tertiary/aromatic N) is 3. The van der Waals surface area contributed by atoms with Gasteiger partial charge in [0.2, 0.25) is 5.91 Å². The Balaban J connectivity index is 1.01. The minimum atomic E-state index is -1.25. The minimum Gasteiger partial charge on any atom is -0.493 e. The monoisotopic (exact) mass is 798 g/mol. The molecular weight excluding hydrogens is 749 g/mol. The van der Waals surface area contributed by atoms with Gasteiger partial charge in [-0.25, -0.2) is 9.78 Å². The Kier molecular flexibility index (Phi) is 11.4. The summed E-state index contributed by atoms with van der Waals surface area (Å²) in [6.45, 7) is 8.32. The largest absolute Gasteiger partial charge is 0.493 e. The van der Waals surface area contributed by atoms with E-state index >= 15 is 0 Å². The summed E-state index contributed by atoms with van der Waals surface area (Å²) in [5, 5.41) is 13.1. The van der Waals surface area contributed by atoms with Gasteiger partial charge in [-0.2, -0.15) is 0 Å². The molecule has 0 spiro atoms. The van der Waals surface area contributed by atoms with Gasteiger partial charge in [0.25, 0.3) is 5.91 Å². The second kappa shape index (κ2) is 17.0. The molecule has 2 amide bonds. The summed E-state index contributed by atoms with van der Waals surface area (Å²) in [5.74, 6) is 0.847. The van der Waals surface area contributed by atoms with Crippen LogP contribution in [0.4, 0.5) is 0 Å². The molecule has 3 aromatic carbocycles. The van der Waals surface area contributed by atoms with Gasteiger partial charge in [0, 0.05) is 38.2 Å². The molecule has 2 aromatic heterocycles. The number of carbonyl (C=O) groups is 3. The van der Waals surface area contributed by atoms with Gasteiger partial charge in [0.1, 0.15) is 30.2 Å². The third kappa shape index (κ3) is 8.67. The van der Waals surface area contributed by atoms with Crippen molar-refractivity contribution in [1.29, 1.82) is 0 Å². The standard InChI is InChI=1S/C47H50N4O8/c1-27-28(2)48-18-17-38(27)33-15-13-31(14-16-33)19-39(47(54)55)50-45(52)40-21-35-22-41-42(23-36(35)24-51(40)46(53)44-29(3)58-30(4)49-44)59-43(26-57-41)34-11-8-12-37(20-34)56-25-32-9-6-5-7-10-32/h8,11-18,20,22-23,32,39-40,43H,5-7,9-10,19,21,24-26H2,1-4H3,(H,50,52)(H,54,55). The summed E-state index contributed by atoms with van der Waals surface area (Å²) in [6.07, 6.45) is 7.80. The molecule has 3 atom stereocenters. The summed E-state index contributed by atoms with van der Waals surface area (Å²) in [4.78, 5) is 51.2. The van der Waals surface area contributed by atoms with Gasteiger partial charge in [-0.3, -0.25) is 14.6 Å². The second-order valence-electron chi connectivity index (χ2n) is 16.0. The molecule has 0 bridgehead atoms. The number of carbonyl (C=O) groups excluding carboxylic acids is 2. The van der Waals surface area contributed by atoms with Gasteiger partial charge in [0.15, 0.2) is 29.2 Å². The Hall–Kier alpha value is -6.17. The number of benzene rings is 3. The van der Waals surface area contributed by atoms with Crippen LogP contribution in [0.3, 0.4) is 0 Å². The molecule has 12 nitrogen and oxygen atoms in total. The molecule has 306 valence electrons. The number of hydrogen-bond donors (Lipinski definition) is 2. The number of amides is 2. The fourth-order valence-electron chi connectivity index (χ4n) is 8.48. The van der Waals surface area contributed by atoms with Gasteiger partial charge < -0.3 is 34.0 Å². The van der Waals surface area contributed by atoms with Crippen LogP contribution in [0.15, 0.2) is 77.3 Å². The maximum atomic E-state index is 14.2. The Morgan fingerprint density at radius 2 is 1.73 bits per heavy atom. The van der Waals surface area contributed by atoms with Crippen molar-refractivity contribution in [2.75, 3.05) is 13.2 Å². The lowest BCUT2D eigenvalue weighted by Crippen LogP contribution is -2.56. The maximum Gasteiger partial charge on any atom is 0.326 e. The molecule has 3 aliphatic rings. The first-order chi connectivity index (χ1) is 28.5. The quantitative estimate of drug-likeness (QED) is 0.135. The maximum absolute atomic E-state index is 14.2. The lowest BCUT2D eigenvalue weighted by atomic mass is 9.90. The molecule has 12 heteroatoms. The highest BCUT2D eigenvalue weighted by molar-refractivity contribution is 5.98. The van der Waals surface area contributed by atoms with Crippen molar-refractivity contribution >= 4 is 17.8 Å². The number of aromatic nitrogens is 2. The molecule has 3 unspecified atom stereocenters. The highest BCUT2D eigenvalue weighted by Crippen LogP contribution is 2.41. The zero-order valence-corrected chi connectivity index (χ0v) is 34.0. The first-order valence-electron chi connectivity index (χ1n) is 20.5. The summed E-state index contributed by atoms with van der Waals surface area (Å²) < 4.78 is 24.6. The summed E-state index contributed by atoms with van der Waals surface area (Å²) in [5.41, 5.74) is 7.38. The van der Waals surface area contributed by atoms with Crippen LogP contribution < -0.4 is 19.5 Å². The van der Waals surface area contributed by atoms with E-state index in [1.165, 1.54) is 37.0 Å². The molecule has 2 aliphatic heterocycles. The third-order valence-electron chi connectivity index (χ3n) is 11.9. The highest BCUT2D eigenvalue weighted by atomic mass is 16.6. The van der Waals surface area contributed by atoms with Crippen LogP contribution in [0.5, 0.6) is 17.2 Å². The predicted octanol–water partition coefficient (Wildman–Crippen LogP) is 7.82. The number of ether oxygens (including phenoxy) is 3. The number of aryl methyl sites for hydroxylation is 3. The fourth-order valence-corrected chi connectivity index (χ4v) is 8.48. The van der Waals surface area contributed by atoms with Crippen molar-refractivity contribution in [1.82, 2.24) is 20.2 Å². The van der Waals surface area contributed by atoms with Crippen LogP contribution in [0, 0.1) is 33.6 Å². The zero-order chi connectivity index (χ0) is 41.2. The normalized spacial score (nSPS) is 18.1. The number of rotatable bonds is 11. The van der Waals surface area contributed by atoms with Crippen molar-refractivity contribution in [3.63, 3.8) is 0 Å². The minimum absolute atomic E-state index is 0.0456. The molecule has 4 heterocycles. The van der Waals surface area contributed by atoms with E-state index in [0.29, 0.717) is 35.7 Å². The van der Waals surface area contributed by atoms with E-state index in [1.54, 1.807) is 20.0 Å². The van der Waals surface area contributed by atoms with Gasteiger partial charge in [0.05, 0.1) is 6.61 Å². The molecule has 0 radical (unpaired) electrons. The van der Waals surface area contributed by atoms with Crippen molar-refractivity contribution in [2.24, 2.45) is 5.92 Å². The average Bonchev–Trinajstić information content (AvgIpc) is 3.59. The summed E-state index contributed by atoms with van der Waals surface area (Å²) >= 11 is 0. The highest BCUT2D eigenvalue weighted by Gasteiger charge is 2.39. The van der Waals surface area contributed by atoms with Gasteiger partial charge in [-0.05, 0) is 109 Å². The molecule has 1 aliphatic carbocycles. The average molecular weight is 799 g/mol. The van der Waals surface area contributed by atoms with Crippen LogP contribution in [0.25, 0.3) is 11.1 Å². The van der Waals surface area contributed by atoms with E-state index in [0.717, 1.165) is 50.4 Å². The summed E-state index contributed by atoms with van der Waals surface area (Å²) in [6, 6.07) is 19.0. The van der Waals surface area contributed by atoms with Crippen molar-refractivity contribution in [2.45, 2.75) is 97.4 Å². The van der Waals surface area contributed by atoms with Gasteiger partial charge in [-0.15, -0.1) is 0 Å². The molecule has 5 aromatic rings. The number of carboxylic acid groups (broad SMARTS) is 1. The number of pyridine rings is 1. The van der Waals surface area contributed by atoms with Gasteiger partial charge in [-0.1, -0.05) is 55.7 Å². The summed E-state index contributed by atoms with van der Waals surface area (Å²) in [7, 11) is 0. The molecular formula is C47H50N4O8. The number of aliphatic carboxylic acids is 1. The van der Waals surface area contributed by atoms with Gasteiger partial charge >= 0.3 is 5.97 Å². The first kappa shape index (κ1) is 39.6. The Labute approximate surface area is 343 Å². The van der Waals surface area contributed by atoms with Crippen LogP contribution in [0.2, 0.25) is 0 Å². The topological polar surface area (TPSA) is 153 Å². The lowest BCUT2D eigenvalue weighted by molar-refractivity contribution is -0.142. The second-order valence-corrected chi connectivity index (χ2v) is 16.0. The number of oxazole rings is 1. The number of carboxylic acids is 1. The molecule has 1 fully saturated rings. The Morgan fingerprint density at radius 1 is 0.949 bits per heavy atom. The van der Waals surface area contributed by atoms with E-state index in [1.807, 2.05) is 80.6 Å². The lowest BCUT2D eigenvalue weighted by Gasteiger charge is -2.37. The molecule has 2 N–H and O–H groups in total. The van der Waals surface area contributed by atoms with E-state index in [2.05, 4.69) is 15.3 Å². The number of hydrogen-bond acceptors (Lipinski definition) is 9. The number of nitrogens with one attached hydrogen (secondary N) is 1. The van der Waals surface area contributed by atoms with Crippen LogP contribution in [-0.4, -0.2) is 63.1 Å². The van der Waals surface area contributed by atoms with Crippen molar-refractivity contribution in [3.8, 4) is 28.4 Å². The molecule has 1 saturated carbocycles. The van der Waals surface area contributed by atoms with Crippen molar-refractivity contribution in [3.05, 3.63) is 124 Å². The van der Waals surface area contributed by atoms with Crippen molar-refractivity contribution < 1.29 is 38.1 Å². The van der Waals surface area contributed by atoms with Crippen LogP contribution in [-0.2, 0) is 29.0 Å². The predicted molar refractivity (Wildman–Crippen MR) is 220 cm³/mol.